The van der Waals surface area contributed by atoms with Crippen molar-refractivity contribution in [3.05, 3.63) is 106 Å². The zero-order chi connectivity index (χ0) is 46.7. The Balaban J connectivity index is 0.840. The average molecular weight is 952 g/mol. The van der Waals surface area contributed by atoms with Gasteiger partial charge in [0.1, 0.15) is 22.0 Å². The second kappa shape index (κ2) is 17.5. The number of rotatable bonds is 13. The van der Waals surface area contributed by atoms with E-state index in [1.54, 1.807) is 31.3 Å². The molecule has 17 nitrogen and oxygen atoms in total. The van der Waals surface area contributed by atoms with Crippen molar-refractivity contribution in [1.29, 1.82) is 4.78 Å². The summed E-state index contributed by atoms with van der Waals surface area (Å²) in [4.78, 5) is 41.2. The summed E-state index contributed by atoms with van der Waals surface area (Å²) in [5.74, 6) is 0.860. The van der Waals surface area contributed by atoms with Crippen LogP contribution in [-0.2, 0) is 19.8 Å². The standard InChI is InChI=1S/C48H57N9O8S2/c1-47(59)13-10-31(11-14-47)27-51-45-41(57(60)61)24-37(29-53-45)67(63,64)54-46(58)40-9-8-34(23-43(40)65-36-22-33-12-17-50-44(33)52-28-36)55-18-15-48(16-19-55)25-35(26-48)56-20-21-66(49,62)30-42(56)39-5-3-2-4-38(39)32-6-7-32/h2-5,8-9,12,17,22-24,28-29,31-32,35,42,49,59H,6-7,10-11,13-16,18-21,25-27,30H2,1H3,(H,50,52)(H,51,53)(H,54,58)/t31-,42-,47-,66?/m0/s1. The van der Waals surface area contributed by atoms with E-state index in [0.717, 1.165) is 75.0 Å². The molecule has 5 aliphatic rings. The van der Waals surface area contributed by atoms with Crippen LogP contribution >= 0.6 is 0 Å². The largest absolute Gasteiger partial charge is 0.455 e. The summed E-state index contributed by atoms with van der Waals surface area (Å²) in [6.45, 7) is 4.35. The van der Waals surface area contributed by atoms with E-state index in [2.05, 4.69) is 59.1 Å². The number of nitrogens with zero attached hydrogens (tertiary/aromatic N) is 5. The third-order valence-corrected chi connectivity index (χ3v) is 18.0. The topological polar surface area (TPSA) is 237 Å². The first-order valence-electron chi connectivity index (χ1n) is 23.3. The maximum atomic E-state index is 14.0. The summed E-state index contributed by atoms with van der Waals surface area (Å²) in [7, 11) is -7.30. The van der Waals surface area contributed by atoms with Gasteiger partial charge in [0.15, 0.2) is 0 Å². The Hall–Kier alpha value is -5.63. The first kappa shape index (κ1) is 45.2. The average Bonchev–Trinajstić information content (AvgIpc) is 4.04. The smallest absolute Gasteiger partial charge is 0.312 e. The third kappa shape index (κ3) is 9.60. The molecule has 1 spiro atoms. The molecule has 1 amide bonds. The Morgan fingerprint density at radius 3 is 2.48 bits per heavy atom. The van der Waals surface area contributed by atoms with Crippen LogP contribution in [0.15, 0.2) is 84.1 Å². The predicted octanol–water partition coefficient (Wildman–Crippen LogP) is 7.86. The number of aromatic nitrogens is 3. The summed E-state index contributed by atoms with van der Waals surface area (Å²) in [5.41, 5.74) is 2.88. The first-order chi connectivity index (χ1) is 32.0. The van der Waals surface area contributed by atoms with Crippen LogP contribution in [0.4, 0.5) is 17.2 Å². The molecule has 2 saturated heterocycles. The highest BCUT2D eigenvalue weighted by Gasteiger charge is 2.50. The second-order valence-electron chi connectivity index (χ2n) is 19.8. The normalized spacial score (nSPS) is 25.7. The van der Waals surface area contributed by atoms with Crippen molar-refractivity contribution in [2.75, 3.05) is 47.9 Å². The van der Waals surface area contributed by atoms with E-state index in [9.17, 15) is 32.6 Å². The lowest BCUT2D eigenvalue weighted by Crippen LogP contribution is -2.58. The number of piperidine rings is 1. The van der Waals surface area contributed by atoms with Crippen molar-refractivity contribution in [3.8, 4) is 11.5 Å². The van der Waals surface area contributed by atoms with Gasteiger partial charge in [-0.1, -0.05) is 24.3 Å². The molecular formula is C48H57N9O8S2. The molecule has 5 aromatic rings. The van der Waals surface area contributed by atoms with Crippen LogP contribution in [0.25, 0.3) is 11.0 Å². The minimum atomic E-state index is -4.65. The number of aromatic amines is 1. The van der Waals surface area contributed by atoms with Crippen molar-refractivity contribution < 1.29 is 32.2 Å². The van der Waals surface area contributed by atoms with Gasteiger partial charge in [-0.3, -0.25) is 24.6 Å². The predicted molar refractivity (Wildman–Crippen MR) is 255 cm³/mol. The lowest BCUT2D eigenvalue weighted by Gasteiger charge is -2.57. The van der Waals surface area contributed by atoms with Crippen molar-refractivity contribution in [2.24, 2.45) is 11.3 Å². The first-order valence-corrected chi connectivity index (χ1v) is 26.7. The molecule has 5 fully saturated rings. The molecule has 3 aliphatic carbocycles. The van der Waals surface area contributed by atoms with Gasteiger partial charge in [0.25, 0.3) is 15.9 Å². The number of hydrogen-bond acceptors (Lipinski definition) is 14. The lowest BCUT2D eigenvalue weighted by atomic mass is 9.59. The molecule has 19 heteroatoms. The number of nitro groups is 1. The summed E-state index contributed by atoms with van der Waals surface area (Å²) >= 11 is 0. The van der Waals surface area contributed by atoms with E-state index < -0.39 is 46.8 Å². The number of carbonyl (C=O) groups is 1. The van der Waals surface area contributed by atoms with Gasteiger partial charge in [0, 0.05) is 83.1 Å². The highest BCUT2D eigenvalue weighted by atomic mass is 32.2. The van der Waals surface area contributed by atoms with Crippen molar-refractivity contribution in [3.63, 3.8) is 0 Å². The van der Waals surface area contributed by atoms with E-state index in [1.807, 2.05) is 6.07 Å². The quantitative estimate of drug-likeness (QED) is 0.0559. The molecule has 0 bridgehead atoms. The van der Waals surface area contributed by atoms with Gasteiger partial charge < -0.3 is 25.0 Å². The molecule has 10 rings (SSSR count). The number of carbonyl (C=O) groups excluding carboxylic acids is 1. The molecule has 5 N–H and O–H groups in total. The molecule has 1 unspecified atom stereocenters. The van der Waals surface area contributed by atoms with Gasteiger partial charge in [0.2, 0.25) is 5.82 Å². The van der Waals surface area contributed by atoms with E-state index in [4.69, 9.17) is 9.52 Å². The highest BCUT2D eigenvalue weighted by molar-refractivity contribution is 7.92. The molecule has 2 aliphatic heterocycles. The summed E-state index contributed by atoms with van der Waals surface area (Å²) < 4.78 is 57.7. The Morgan fingerprint density at radius 1 is 1.00 bits per heavy atom. The van der Waals surface area contributed by atoms with Crippen molar-refractivity contribution in [2.45, 2.75) is 99.6 Å². The number of amides is 1. The SMILES string of the molecule is C[C@]1(O)CC[C@H](CNc2ncc(S(=O)(=O)NC(=O)c3ccc(N4CCC5(CC4)CC(N4CCS(=N)(=O)C[C@H]4c4ccccc4C4CC4)C5)cc3Oc3cnc4[nH]ccc4c3)cc2[N+](=O)[O-])CC1. The number of ether oxygens (including phenoxy) is 1. The number of nitrogens with one attached hydrogen (secondary N) is 4. The Bertz CT molecular complexity index is 2930. The van der Waals surface area contributed by atoms with E-state index in [0.29, 0.717) is 60.8 Å². The lowest BCUT2D eigenvalue weighted by molar-refractivity contribution is -0.384. The minimum Gasteiger partial charge on any atom is -0.455 e. The molecule has 0 radical (unpaired) electrons. The molecule has 354 valence electrons. The van der Waals surface area contributed by atoms with Crippen LogP contribution in [0.3, 0.4) is 0 Å². The van der Waals surface area contributed by atoms with Crippen LogP contribution in [0, 0.1) is 26.2 Å². The number of sulfonamides is 1. The van der Waals surface area contributed by atoms with Gasteiger partial charge in [-0.05, 0) is 124 Å². The van der Waals surface area contributed by atoms with E-state index >= 15 is 0 Å². The molecule has 3 aromatic heterocycles. The van der Waals surface area contributed by atoms with Crippen molar-refractivity contribution >= 4 is 53.9 Å². The summed E-state index contributed by atoms with van der Waals surface area (Å²) in [5, 5.41) is 26.2. The Morgan fingerprint density at radius 2 is 1.75 bits per heavy atom. The zero-order valence-electron chi connectivity index (χ0n) is 37.5. The van der Waals surface area contributed by atoms with Crippen molar-refractivity contribution in [1.82, 2.24) is 24.6 Å². The maximum absolute atomic E-state index is 14.0. The van der Waals surface area contributed by atoms with Gasteiger partial charge in [-0.25, -0.2) is 27.3 Å². The van der Waals surface area contributed by atoms with Crippen LogP contribution < -0.4 is 19.7 Å². The van der Waals surface area contributed by atoms with Gasteiger partial charge >= 0.3 is 5.69 Å². The number of aliphatic hydroxyl groups is 1. The number of benzene rings is 2. The minimum absolute atomic E-state index is 0.00842. The zero-order valence-corrected chi connectivity index (χ0v) is 39.1. The number of H-pyrrole nitrogens is 1. The van der Waals surface area contributed by atoms with Crippen LogP contribution in [0.1, 0.15) is 105 Å². The molecule has 2 atom stereocenters. The number of pyridine rings is 2. The van der Waals surface area contributed by atoms with Crippen LogP contribution in [-0.4, -0.2) is 97.7 Å². The molecule has 5 heterocycles. The Labute approximate surface area is 390 Å². The van der Waals surface area contributed by atoms with E-state index in [1.165, 1.54) is 36.2 Å². The van der Waals surface area contributed by atoms with Crippen LogP contribution in [0.2, 0.25) is 0 Å². The Kier molecular flexibility index (Phi) is 11.8. The third-order valence-electron chi connectivity index (χ3n) is 15.0. The van der Waals surface area contributed by atoms with Gasteiger partial charge in [-0.15, -0.1) is 0 Å². The molecular weight excluding hydrogens is 895 g/mol. The fourth-order valence-electron chi connectivity index (χ4n) is 10.9. The maximum Gasteiger partial charge on any atom is 0.312 e. The fraction of sp³-hybridized carbons (Fsp3) is 0.479. The number of fused-ring (bicyclic) bond motifs is 1. The van der Waals surface area contributed by atoms with E-state index in [-0.39, 0.29) is 34.5 Å². The highest BCUT2D eigenvalue weighted by Crippen LogP contribution is 2.54. The number of hydrogen-bond donors (Lipinski definition) is 5. The van der Waals surface area contributed by atoms with Gasteiger partial charge in [0.05, 0.1) is 34.2 Å². The molecule has 3 saturated carbocycles. The monoisotopic (exact) mass is 951 g/mol. The van der Waals surface area contributed by atoms with Gasteiger partial charge in [-0.2, -0.15) is 0 Å². The molecule has 67 heavy (non-hydrogen) atoms. The molecule has 2 aromatic carbocycles. The fourth-order valence-corrected chi connectivity index (χ4v) is 13.4. The summed E-state index contributed by atoms with van der Waals surface area (Å²) in [6, 6.07) is 18.5. The van der Waals surface area contributed by atoms with Crippen LogP contribution in [0.5, 0.6) is 11.5 Å². The second-order valence-corrected chi connectivity index (χ2v) is 23.9. The number of anilines is 2. The summed E-state index contributed by atoms with van der Waals surface area (Å²) in [6.07, 6.45) is 13.3.